The summed E-state index contributed by atoms with van der Waals surface area (Å²) in [6, 6.07) is 66.1. The molecule has 0 radical (unpaired) electrons. The van der Waals surface area contributed by atoms with Crippen molar-refractivity contribution in [1.82, 2.24) is 0 Å². The van der Waals surface area contributed by atoms with Crippen molar-refractivity contribution in [3.05, 3.63) is 215 Å². The van der Waals surface area contributed by atoms with E-state index in [0.717, 1.165) is 48.8 Å². The fourth-order valence-electron chi connectivity index (χ4n) is 8.88. The number of rotatable bonds is 2. The van der Waals surface area contributed by atoms with Crippen molar-refractivity contribution >= 4 is 33.8 Å². The molecule has 2 aliphatic carbocycles. The van der Waals surface area contributed by atoms with E-state index in [2.05, 4.69) is 143 Å². The lowest BCUT2D eigenvalue weighted by Crippen LogP contribution is -2.33. The van der Waals surface area contributed by atoms with E-state index in [4.69, 9.17) is 0 Å². The second-order valence-electron chi connectivity index (χ2n) is 13.8. The van der Waals surface area contributed by atoms with E-state index in [1.807, 2.05) is 60.7 Å². The summed E-state index contributed by atoms with van der Waals surface area (Å²) in [6.07, 6.45) is 0. The number of fused-ring (bicyclic) bond motifs is 13. The molecule has 0 atom stereocenters. The van der Waals surface area contributed by atoms with Gasteiger partial charge in [0.25, 0.3) is 0 Å². The Labute approximate surface area is 312 Å². The Hall–Kier alpha value is -5.77. The molecule has 0 nitrogen and oxygen atoms in total. The van der Waals surface area contributed by atoms with Gasteiger partial charge in [0.1, 0.15) is 0 Å². The predicted molar refractivity (Wildman–Crippen MR) is 219 cm³/mol. The third-order valence-electron chi connectivity index (χ3n) is 11.1. The minimum atomic E-state index is -1.05. The summed E-state index contributed by atoms with van der Waals surface area (Å²) in [6.45, 7) is -1.05. The highest BCUT2D eigenvalue weighted by atomic mass is 79.9. The molecule has 1 heterocycles. The molecule has 0 fully saturated rings. The van der Waals surface area contributed by atoms with Gasteiger partial charge in [-0.05, 0) is 113 Å². The van der Waals surface area contributed by atoms with Gasteiger partial charge < -0.3 is 4.32 Å². The quantitative estimate of drug-likeness (QED) is 0.155. The predicted octanol–water partition coefficient (Wildman–Crippen LogP) is 11.9. The number of hydrogen-bond acceptors (Lipinski definition) is 0. The highest BCUT2D eigenvalue weighted by molar-refractivity contribution is 9.10. The molecule has 0 amide bonds. The van der Waals surface area contributed by atoms with Gasteiger partial charge in [0.15, 0.2) is 0 Å². The third kappa shape index (κ3) is 4.59. The zero-order valence-corrected chi connectivity index (χ0v) is 29.8. The van der Waals surface area contributed by atoms with Crippen LogP contribution >= 0.6 is 15.9 Å². The fraction of sp³-hybridized carbons (Fsp3) is 0.0204. The number of halogens is 2. The summed E-state index contributed by atoms with van der Waals surface area (Å²) in [5, 5.41) is 0. The van der Waals surface area contributed by atoms with Crippen LogP contribution in [-0.2, 0) is 5.41 Å². The van der Waals surface area contributed by atoms with E-state index in [1.165, 1.54) is 44.5 Å². The van der Waals surface area contributed by atoms with E-state index in [-0.39, 0.29) is 5.41 Å². The minimum Gasteiger partial charge on any atom is -0.322 e. The lowest BCUT2D eigenvalue weighted by molar-refractivity contribution is 0.793. The van der Waals surface area contributed by atoms with Crippen LogP contribution in [-0.4, -0.2) is 6.99 Å². The zero-order chi connectivity index (χ0) is 34.8. The molecule has 0 aromatic heterocycles. The standard InChI is InChI=1S/C25H15Br.C24H16BF/c26-16-13-14-24-20(15-16)19-9-3-6-12-23(19)25(24)21-10-4-1-7-17(21)18-8-2-5-11-22(18)25;26-25-23-13-11-19(17-7-3-1-4-8-17)15-21(23)22-16-20(12-14-24(22)25)18-9-5-2-6-10-18/h1-15H;1-16H. The van der Waals surface area contributed by atoms with Crippen LogP contribution in [0.4, 0.5) is 4.32 Å². The first-order chi connectivity index (χ1) is 25.6. The Morgan fingerprint density at radius 3 is 1.23 bits per heavy atom. The Balaban J connectivity index is 0.000000130. The highest BCUT2D eigenvalue weighted by Crippen LogP contribution is 2.62. The monoisotopic (exact) mass is 728 g/mol. The van der Waals surface area contributed by atoms with Crippen molar-refractivity contribution in [2.75, 3.05) is 0 Å². The normalized spacial score (nSPS) is 13.3. The van der Waals surface area contributed by atoms with Crippen molar-refractivity contribution in [3.8, 4) is 55.6 Å². The molecule has 0 N–H and O–H groups in total. The molecule has 1 aliphatic heterocycles. The van der Waals surface area contributed by atoms with Crippen LogP contribution in [0.25, 0.3) is 55.6 Å². The van der Waals surface area contributed by atoms with Crippen LogP contribution in [0, 0.1) is 0 Å². The Morgan fingerprint density at radius 2 is 0.750 bits per heavy atom. The molecule has 52 heavy (non-hydrogen) atoms. The van der Waals surface area contributed by atoms with Crippen molar-refractivity contribution in [2.24, 2.45) is 0 Å². The molecular weight excluding hydrogens is 698 g/mol. The van der Waals surface area contributed by atoms with Gasteiger partial charge in [0.2, 0.25) is 0 Å². The molecule has 3 heteroatoms. The van der Waals surface area contributed by atoms with Gasteiger partial charge in [-0.1, -0.05) is 180 Å². The molecule has 3 aliphatic rings. The summed E-state index contributed by atoms with van der Waals surface area (Å²) in [7, 11) is 0. The average Bonchev–Trinajstić information content (AvgIpc) is 3.79. The summed E-state index contributed by atoms with van der Waals surface area (Å²) >= 11 is 3.68. The molecule has 0 unspecified atom stereocenters. The largest absolute Gasteiger partial charge is 0.414 e. The second kappa shape index (κ2) is 12.2. The van der Waals surface area contributed by atoms with Crippen molar-refractivity contribution in [2.45, 2.75) is 5.41 Å². The lowest BCUT2D eigenvalue weighted by atomic mass is 9.62. The maximum absolute atomic E-state index is 15.0. The van der Waals surface area contributed by atoms with Gasteiger partial charge in [-0.15, -0.1) is 0 Å². The van der Waals surface area contributed by atoms with Crippen molar-refractivity contribution in [3.63, 3.8) is 0 Å². The van der Waals surface area contributed by atoms with Gasteiger partial charge in [-0.3, -0.25) is 0 Å². The summed E-state index contributed by atoms with van der Waals surface area (Å²) in [4.78, 5) is 0. The van der Waals surface area contributed by atoms with Gasteiger partial charge >= 0.3 is 6.99 Å². The lowest BCUT2D eigenvalue weighted by Gasteiger charge is -2.30. The van der Waals surface area contributed by atoms with Crippen LogP contribution in [0.5, 0.6) is 0 Å². The molecule has 0 bridgehead atoms. The third-order valence-corrected chi connectivity index (χ3v) is 11.6. The van der Waals surface area contributed by atoms with Crippen LogP contribution in [0.1, 0.15) is 22.3 Å². The maximum Gasteiger partial charge on any atom is 0.414 e. The van der Waals surface area contributed by atoms with Crippen LogP contribution in [0.3, 0.4) is 0 Å². The molecule has 1 spiro atoms. The Kier molecular flexibility index (Phi) is 7.27. The van der Waals surface area contributed by atoms with E-state index < -0.39 is 6.99 Å². The summed E-state index contributed by atoms with van der Waals surface area (Å²) in [5.41, 5.74) is 18.8. The first-order valence-corrected chi connectivity index (χ1v) is 18.5. The van der Waals surface area contributed by atoms with E-state index in [0.29, 0.717) is 0 Å². The number of hydrogen-bond donors (Lipinski definition) is 0. The van der Waals surface area contributed by atoms with Crippen molar-refractivity contribution in [1.29, 1.82) is 0 Å². The molecule has 244 valence electrons. The molecule has 0 saturated carbocycles. The SMILES string of the molecule is Brc1ccc2c(c1)-c1ccccc1C21c2ccccc2-c2ccccc21.FB1c2ccc(-c3ccccc3)cc2-c2cc(-c3ccccc3)ccc21. The highest BCUT2D eigenvalue weighted by Gasteiger charge is 2.51. The smallest absolute Gasteiger partial charge is 0.322 e. The van der Waals surface area contributed by atoms with Crippen molar-refractivity contribution < 1.29 is 4.32 Å². The van der Waals surface area contributed by atoms with Gasteiger partial charge in [0.05, 0.1) is 5.41 Å². The van der Waals surface area contributed by atoms with E-state index >= 15 is 0 Å². The first kappa shape index (κ1) is 31.0. The molecule has 11 rings (SSSR count). The van der Waals surface area contributed by atoms with Gasteiger partial charge in [0, 0.05) is 4.47 Å². The maximum atomic E-state index is 15.0. The minimum absolute atomic E-state index is 0.209. The summed E-state index contributed by atoms with van der Waals surface area (Å²) < 4.78 is 16.1. The molecular formula is C49H31BBrF. The molecule has 0 saturated heterocycles. The van der Waals surface area contributed by atoms with Crippen LogP contribution < -0.4 is 10.9 Å². The average molecular weight is 730 g/mol. The topological polar surface area (TPSA) is 0 Å². The molecule has 8 aromatic carbocycles. The number of benzene rings is 8. The van der Waals surface area contributed by atoms with E-state index in [9.17, 15) is 4.32 Å². The van der Waals surface area contributed by atoms with Crippen LogP contribution in [0.15, 0.2) is 193 Å². The van der Waals surface area contributed by atoms with E-state index in [1.54, 1.807) is 0 Å². The van der Waals surface area contributed by atoms with Gasteiger partial charge in [-0.2, -0.15) is 0 Å². The fourth-order valence-corrected chi connectivity index (χ4v) is 9.24. The zero-order valence-electron chi connectivity index (χ0n) is 28.2. The molecule has 8 aromatic rings. The van der Waals surface area contributed by atoms with Crippen LogP contribution in [0.2, 0.25) is 0 Å². The summed E-state index contributed by atoms with van der Waals surface area (Å²) in [5.74, 6) is 0. The second-order valence-corrected chi connectivity index (χ2v) is 14.7. The Morgan fingerprint density at radius 1 is 0.346 bits per heavy atom. The Bertz CT molecular complexity index is 2530. The van der Waals surface area contributed by atoms with Gasteiger partial charge in [-0.25, -0.2) is 0 Å². The first-order valence-electron chi connectivity index (χ1n) is 17.8.